The number of ether oxygens (including phenoxy) is 4. The highest BCUT2D eigenvalue weighted by atomic mass is 16.6. The van der Waals surface area contributed by atoms with Gasteiger partial charge in [0.25, 0.3) is 0 Å². The van der Waals surface area contributed by atoms with Gasteiger partial charge < -0.3 is 29.2 Å². The van der Waals surface area contributed by atoms with E-state index in [-0.39, 0.29) is 23.3 Å². The van der Waals surface area contributed by atoms with Gasteiger partial charge in [0.1, 0.15) is 36.9 Å². The number of epoxide rings is 2. The fraction of sp³-hybridized carbons (Fsp3) is 0.394. The van der Waals surface area contributed by atoms with E-state index in [9.17, 15) is 19.8 Å². The van der Waals surface area contributed by atoms with Crippen LogP contribution in [0.15, 0.2) is 18.2 Å². The van der Waals surface area contributed by atoms with Gasteiger partial charge in [0.05, 0.1) is 24.3 Å². The van der Waals surface area contributed by atoms with Crippen LogP contribution in [-0.4, -0.2) is 60.8 Å². The minimum atomic E-state index is -0.987. The maximum atomic E-state index is 12.3. The number of carboxylic acids is 2. The van der Waals surface area contributed by atoms with Gasteiger partial charge in [0.2, 0.25) is 0 Å². The van der Waals surface area contributed by atoms with Crippen LogP contribution in [-0.2, 0) is 9.47 Å². The molecule has 2 aliphatic rings. The fourth-order valence-electron chi connectivity index (χ4n) is 5.84. The van der Waals surface area contributed by atoms with Crippen molar-refractivity contribution in [2.75, 3.05) is 26.4 Å². The molecule has 5 rings (SSSR count). The minimum Gasteiger partial charge on any atom is -0.490 e. The lowest BCUT2D eigenvalue weighted by Crippen LogP contribution is -2.12. The Labute approximate surface area is 239 Å². The summed E-state index contributed by atoms with van der Waals surface area (Å²) in [7, 11) is 0. The Bertz CT molecular complexity index is 1580. The summed E-state index contributed by atoms with van der Waals surface area (Å²) in [6.45, 7) is 15.3. The first kappa shape index (κ1) is 28.6. The Balaban J connectivity index is 1.73. The summed E-state index contributed by atoms with van der Waals surface area (Å²) in [5.74, 6) is -0.742. The molecule has 8 nitrogen and oxygen atoms in total. The van der Waals surface area contributed by atoms with Crippen molar-refractivity contribution in [2.24, 2.45) is 0 Å². The summed E-state index contributed by atoms with van der Waals surface area (Å²) in [5.41, 5.74) is 9.08. The zero-order chi connectivity index (χ0) is 29.7. The zero-order valence-corrected chi connectivity index (χ0v) is 24.6. The largest absolute Gasteiger partial charge is 0.490 e. The number of rotatable bonds is 10. The molecule has 0 aliphatic carbocycles. The number of carbonyl (C=O) groups is 2. The summed E-state index contributed by atoms with van der Waals surface area (Å²) in [6, 6.07) is 5.63. The summed E-state index contributed by atoms with van der Waals surface area (Å²) in [5, 5.41) is 20.1. The molecule has 2 fully saturated rings. The predicted octanol–water partition coefficient (Wildman–Crippen LogP) is 6.13. The van der Waals surface area contributed by atoms with Gasteiger partial charge in [-0.1, -0.05) is 6.07 Å². The van der Waals surface area contributed by atoms with Crippen LogP contribution in [0.1, 0.15) is 59.7 Å². The molecule has 3 aromatic rings. The third-order valence-electron chi connectivity index (χ3n) is 8.17. The van der Waals surface area contributed by atoms with Crippen LogP contribution in [0.2, 0.25) is 0 Å². The molecule has 2 unspecified atom stereocenters. The quantitative estimate of drug-likeness (QED) is 0.284. The van der Waals surface area contributed by atoms with E-state index in [1.165, 1.54) is 0 Å². The van der Waals surface area contributed by atoms with Crippen LogP contribution in [0.25, 0.3) is 22.3 Å². The van der Waals surface area contributed by atoms with Gasteiger partial charge in [-0.05, 0) is 111 Å². The lowest BCUT2D eigenvalue weighted by molar-refractivity contribution is 0.0684. The Hall–Kier alpha value is -3.88. The molecule has 8 heteroatoms. The molecular formula is C33H36O8. The number of benzene rings is 3. The van der Waals surface area contributed by atoms with E-state index in [0.717, 1.165) is 38.9 Å². The Morgan fingerprint density at radius 2 is 1.10 bits per heavy atom. The topological polar surface area (TPSA) is 118 Å². The maximum absolute atomic E-state index is 12.3. The first-order chi connectivity index (χ1) is 19.4. The summed E-state index contributed by atoms with van der Waals surface area (Å²) in [6.07, 6.45) is 0.0864. The van der Waals surface area contributed by atoms with Crippen LogP contribution in [0.3, 0.4) is 0 Å². The van der Waals surface area contributed by atoms with Crippen LogP contribution < -0.4 is 9.47 Å². The van der Waals surface area contributed by atoms with E-state index < -0.39 is 11.9 Å². The fourth-order valence-corrected chi connectivity index (χ4v) is 5.84. The molecule has 2 saturated heterocycles. The third kappa shape index (κ3) is 5.42. The number of hydrogen-bond acceptors (Lipinski definition) is 6. The molecule has 0 spiro atoms. The SMILES string of the molecule is Cc1cc(OCC2CO2)c(-c2cc(C)c(-c3c(OCC4CO4)cc(C)c(C(=O)O)c3C)c(C)c2C)c(C)c1C(=O)O. The van der Waals surface area contributed by atoms with Crippen molar-refractivity contribution in [3.8, 4) is 33.8 Å². The van der Waals surface area contributed by atoms with Crippen LogP contribution in [0.5, 0.6) is 11.5 Å². The van der Waals surface area contributed by atoms with Gasteiger partial charge in [0.15, 0.2) is 0 Å². The smallest absolute Gasteiger partial charge is 0.336 e. The van der Waals surface area contributed by atoms with Gasteiger partial charge >= 0.3 is 11.9 Å². The second kappa shape index (κ2) is 10.8. The van der Waals surface area contributed by atoms with Crippen molar-refractivity contribution < 1.29 is 38.7 Å². The molecule has 216 valence electrons. The Kier molecular flexibility index (Phi) is 7.57. The number of aryl methyl sites for hydroxylation is 3. The standard InChI is InChI=1S/C33H36O8/c1-15-8-24(30-20(6)28(32(34)35)16(2)9-25(30)40-13-22-11-38-22)18(4)19(5)27(15)31-21(7)29(33(36)37)17(3)10-26(31)41-14-23-12-39-23/h8-10,22-23H,11-14H2,1-7H3,(H,34,35)(H,36,37). The number of carboxylic acid groups (broad SMARTS) is 2. The van der Waals surface area contributed by atoms with Crippen LogP contribution in [0, 0.1) is 48.5 Å². The molecule has 3 aromatic carbocycles. The first-order valence-corrected chi connectivity index (χ1v) is 13.8. The lowest BCUT2D eigenvalue weighted by Gasteiger charge is -2.25. The monoisotopic (exact) mass is 560 g/mol. The predicted molar refractivity (Wildman–Crippen MR) is 155 cm³/mol. The zero-order valence-electron chi connectivity index (χ0n) is 24.6. The number of aromatic carboxylic acids is 2. The molecule has 41 heavy (non-hydrogen) atoms. The lowest BCUT2D eigenvalue weighted by atomic mass is 9.82. The molecule has 0 amide bonds. The van der Waals surface area contributed by atoms with E-state index in [2.05, 4.69) is 0 Å². The van der Waals surface area contributed by atoms with Crippen LogP contribution >= 0.6 is 0 Å². The molecule has 2 aliphatic heterocycles. The molecule has 0 saturated carbocycles. The van der Waals surface area contributed by atoms with Crippen molar-refractivity contribution in [1.82, 2.24) is 0 Å². The van der Waals surface area contributed by atoms with Crippen molar-refractivity contribution in [3.63, 3.8) is 0 Å². The second-order valence-corrected chi connectivity index (χ2v) is 11.1. The Morgan fingerprint density at radius 1 is 0.659 bits per heavy atom. The summed E-state index contributed by atoms with van der Waals surface area (Å²) >= 11 is 0. The van der Waals surface area contributed by atoms with Gasteiger partial charge in [-0.3, -0.25) is 0 Å². The molecule has 0 radical (unpaired) electrons. The third-order valence-corrected chi connectivity index (χ3v) is 8.17. The van der Waals surface area contributed by atoms with E-state index >= 15 is 0 Å². The van der Waals surface area contributed by atoms with Crippen molar-refractivity contribution in [2.45, 2.75) is 60.7 Å². The van der Waals surface area contributed by atoms with E-state index in [0.29, 0.717) is 60.2 Å². The van der Waals surface area contributed by atoms with Crippen LogP contribution in [0.4, 0.5) is 0 Å². The first-order valence-electron chi connectivity index (χ1n) is 13.8. The molecule has 0 aromatic heterocycles. The highest BCUT2D eigenvalue weighted by Gasteiger charge is 2.29. The van der Waals surface area contributed by atoms with Gasteiger partial charge in [0, 0.05) is 11.1 Å². The average molecular weight is 561 g/mol. The molecule has 2 N–H and O–H groups in total. The Morgan fingerprint density at radius 3 is 1.54 bits per heavy atom. The van der Waals surface area contributed by atoms with Crippen molar-refractivity contribution >= 4 is 11.9 Å². The van der Waals surface area contributed by atoms with Gasteiger partial charge in [-0.15, -0.1) is 0 Å². The summed E-state index contributed by atoms with van der Waals surface area (Å²) < 4.78 is 23.1. The minimum absolute atomic E-state index is 0.0429. The molecular weight excluding hydrogens is 524 g/mol. The highest BCUT2D eigenvalue weighted by molar-refractivity contribution is 5.98. The van der Waals surface area contributed by atoms with E-state index in [4.69, 9.17) is 18.9 Å². The van der Waals surface area contributed by atoms with Crippen molar-refractivity contribution in [3.05, 3.63) is 68.3 Å². The van der Waals surface area contributed by atoms with Gasteiger partial charge in [-0.2, -0.15) is 0 Å². The molecule has 2 heterocycles. The molecule has 2 atom stereocenters. The maximum Gasteiger partial charge on any atom is 0.336 e. The number of hydrogen-bond donors (Lipinski definition) is 2. The van der Waals surface area contributed by atoms with E-state index in [1.807, 2.05) is 40.7 Å². The highest BCUT2D eigenvalue weighted by Crippen LogP contribution is 2.46. The second-order valence-electron chi connectivity index (χ2n) is 11.1. The summed E-state index contributed by atoms with van der Waals surface area (Å²) in [4.78, 5) is 24.5. The normalized spacial score (nSPS) is 17.3. The van der Waals surface area contributed by atoms with E-state index in [1.54, 1.807) is 26.0 Å². The average Bonchev–Trinajstić information content (AvgIpc) is 3.80. The molecule has 0 bridgehead atoms. The van der Waals surface area contributed by atoms with Crippen molar-refractivity contribution in [1.29, 1.82) is 0 Å². The van der Waals surface area contributed by atoms with Gasteiger partial charge in [-0.25, -0.2) is 9.59 Å².